The Balaban J connectivity index is 1.36. The lowest BCUT2D eigenvalue weighted by molar-refractivity contribution is -0.208. The van der Waals surface area contributed by atoms with Crippen LogP contribution in [0, 0.1) is 17.3 Å². The second kappa shape index (κ2) is 12.6. The van der Waals surface area contributed by atoms with Crippen LogP contribution in [0.5, 0.6) is 5.75 Å². The number of rotatable bonds is 7. The lowest BCUT2D eigenvalue weighted by Crippen LogP contribution is -2.80. The van der Waals surface area contributed by atoms with Crippen LogP contribution < -0.4 is 9.64 Å². The third kappa shape index (κ3) is 4.61. The SMILES string of the molecule is CC[C@]12C=CCN3CC[C@@]4(c5cc([C@@]6(C(=O)OC)CC7CC(C(C)(F)F)CN(Cc8c6[nH]c6ccccc86)C7)c(OC)cc5N(C)[C@H]4C(O)(C(C)=O)[C@@H]1OC)[C@@H]32. The molecule has 5 aliphatic heterocycles. The molecule has 10 atom stereocenters. The fourth-order valence-electron chi connectivity index (χ4n) is 13.3. The highest BCUT2D eigenvalue weighted by Crippen LogP contribution is 2.68. The summed E-state index contributed by atoms with van der Waals surface area (Å²) >= 11 is 0. The Kier molecular flexibility index (Phi) is 8.47. The highest BCUT2D eigenvalue weighted by molar-refractivity contribution is 5.95. The van der Waals surface area contributed by atoms with E-state index in [9.17, 15) is 9.90 Å². The molecule has 12 heteroatoms. The Labute approximate surface area is 327 Å². The van der Waals surface area contributed by atoms with Gasteiger partial charge in [-0.3, -0.25) is 19.4 Å². The number of carbonyl (C=O) groups is 2. The molecular weight excluding hydrogens is 719 g/mol. The number of benzene rings is 2. The van der Waals surface area contributed by atoms with E-state index in [1.165, 1.54) is 14.0 Å². The summed E-state index contributed by atoms with van der Waals surface area (Å²) in [6.07, 6.45) is 5.25. The number of alkyl halides is 2. The molecule has 0 radical (unpaired) electrons. The molecule has 1 aromatic heterocycles. The van der Waals surface area contributed by atoms with E-state index in [2.05, 4.69) is 39.9 Å². The molecule has 9 rings (SSSR count). The summed E-state index contributed by atoms with van der Waals surface area (Å²) in [5.41, 5.74) is -0.110. The number of nitrogens with one attached hydrogen (secondary N) is 1. The van der Waals surface area contributed by atoms with Gasteiger partial charge in [-0.2, -0.15) is 0 Å². The van der Waals surface area contributed by atoms with Gasteiger partial charge in [0.15, 0.2) is 11.4 Å². The number of methoxy groups -OCH3 is 3. The van der Waals surface area contributed by atoms with Gasteiger partial charge in [0.05, 0.1) is 20.3 Å². The maximum absolute atomic E-state index is 15.3. The quantitative estimate of drug-likeness (QED) is 0.235. The number of likely N-dealkylation sites (N-methyl/N-ethyl adjacent to an activating group) is 1. The fraction of sp³-hybridized carbons (Fsp3) is 0.591. The van der Waals surface area contributed by atoms with E-state index in [4.69, 9.17) is 14.2 Å². The Morgan fingerprint density at radius 3 is 2.54 bits per heavy atom. The maximum Gasteiger partial charge on any atom is 0.322 e. The van der Waals surface area contributed by atoms with Crippen LogP contribution in [-0.4, -0.2) is 116 Å². The van der Waals surface area contributed by atoms with Crippen LogP contribution in [0.2, 0.25) is 0 Å². The third-order valence-electron chi connectivity index (χ3n) is 15.3. The number of carbonyl (C=O) groups excluding carboxylic acids is 2. The van der Waals surface area contributed by atoms with E-state index < -0.39 is 51.8 Å². The van der Waals surface area contributed by atoms with Crippen molar-refractivity contribution in [3.8, 4) is 5.75 Å². The molecule has 300 valence electrons. The number of aromatic amines is 1. The lowest BCUT2D eigenvalue weighted by Gasteiger charge is -2.64. The first-order chi connectivity index (χ1) is 26.7. The number of fused-ring (bicyclic) bond motifs is 6. The number of aliphatic hydroxyl groups is 1. The van der Waals surface area contributed by atoms with Crippen LogP contribution in [0.15, 0.2) is 48.6 Å². The number of hydrogen-bond donors (Lipinski definition) is 2. The van der Waals surface area contributed by atoms with Crippen LogP contribution >= 0.6 is 0 Å². The highest BCUT2D eigenvalue weighted by Gasteiger charge is 2.78. The number of hydrogen-bond acceptors (Lipinski definition) is 9. The minimum Gasteiger partial charge on any atom is -0.496 e. The molecule has 1 spiro atoms. The predicted molar refractivity (Wildman–Crippen MR) is 208 cm³/mol. The lowest BCUT2D eigenvalue weighted by atomic mass is 9.47. The molecule has 1 saturated carbocycles. The average molecular weight is 773 g/mol. The first-order valence-electron chi connectivity index (χ1n) is 20.1. The van der Waals surface area contributed by atoms with Gasteiger partial charge < -0.3 is 29.2 Å². The first-order valence-corrected chi connectivity index (χ1v) is 20.1. The van der Waals surface area contributed by atoms with Crippen molar-refractivity contribution in [1.82, 2.24) is 14.8 Å². The number of H-pyrrole nitrogens is 1. The Hall–Kier alpha value is -3.84. The number of ketones is 1. The van der Waals surface area contributed by atoms with E-state index >= 15 is 13.6 Å². The van der Waals surface area contributed by atoms with Gasteiger partial charge in [0.2, 0.25) is 5.92 Å². The molecule has 2 saturated heterocycles. The second-order valence-electron chi connectivity index (χ2n) is 17.7. The Bertz CT molecular complexity index is 2150. The average Bonchev–Trinajstić information content (AvgIpc) is 3.82. The minimum absolute atomic E-state index is 0.140. The molecule has 56 heavy (non-hydrogen) atoms. The van der Waals surface area contributed by atoms with E-state index in [1.54, 1.807) is 14.2 Å². The molecule has 2 bridgehead atoms. The van der Waals surface area contributed by atoms with Crippen molar-refractivity contribution in [2.75, 3.05) is 59.5 Å². The molecule has 0 amide bonds. The van der Waals surface area contributed by atoms with Crippen molar-refractivity contribution in [2.45, 2.75) is 93.5 Å². The number of Topliss-reactive ketones (excluding diaryl/α,β-unsaturated/α-hetero) is 1. The zero-order chi connectivity index (χ0) is 39.7. The summed E-state index contributed by atoms with van der Waals surface area (Å²) < 4.78 is 49.0. The van der Waals surface area contributed by atoms with Crippen molar-refractivity contribution in [2.24, 2.45) is 17.3 Å². The zero-order valence-electron chi connectivity index (χ0n) is 33.5. The maximum atomic E-state index is 15.3. The highest BCUT2D eigenvalue weighted by atomic mass is 19.3. The molecule has 3 fully saturated rings. The minimum atomic E-state index is -2.90. The number of halogens is 2. The number of esters is 1. The van der Waals surface area contributed by atoms with E-state index in [0.717, 1.165) is 47.7 Å². The van der Waals surface area contributed by atoms with Crippen LogP contribution in [-0.2, 0) is 36.4 Å². The van der Waals surface area contributed by atoms with Crippen molar-refractivity contribution < 1.29 is 37.7 Å². The molecule has 2 N–H and O–H groups in total. The number of nitrogens with zero attached hydrogens (tertiary/aromatic N) is 3. The molecular formula is C44H54F2N4O6. The van der Waals surface area contributed by atoms with Gasteiger partial charge >= 0.3 is 5.97 Å². The summed E-state index contributed by atoms with van der Waals surface area (Å²) in [6, 6.07) is 11.1. The second-order valence-corrected chi connectivity index (χ2v) is 17.7. The van der Waals surface area contributed by atoms with Gasteiger partial charge in [-0.25, -0.2) is 8.78 Å². The van der Waals surface area contributed by atoms with Gasteiger partial charge in [0.25, 0.3) is 0 Å². The normalized spacial score (nSPS) is 37.3. The van der Waals surface area contributed by atoms with E-state index in [0.29, 0.717) is 42.9 Å². The van der Waals surface area contributed by atoms with Crippen molar-refractivity contribution in [3.63, 3.8) is 0 Å². The number of piperidine rings is 1. The van der Waals surface area contributed by atoms with Crippen LogP contribution in [0.3, 0.4) is 0 Å². The summed E-state index contributed by atoms with van der Waals surface area (Å²) in [4.78, 5) is 39.5. The molecule has 10 nitrogen and oxygen atoms in total. The number of anilines is 1. The van der Waals surface area contributed by atoms with Crippen molar-refractivity contribution in [1.29, 1.82) is 0 Å². The van der Waals surface area contributed by atoms with Crippen molar-refractivity contribution in [3.05, 3.63) is 70.9 Å². The summed E-state index contributed by atoms with van der Waals surface area (Å²) in [6.45, 7) is 7.24. The smallest absolute Gasteiger partial charge is 0.322 e. The molecule has 6 aliphatic rings. The molecule has 1 aliphatic carbocycles. The molecule has 4 unspecified atom stereocenters. The van der Waals surface area contributed by atoms with Crippen LogP contribution in [0.1, 0.15) is 68.8 Å². The van der Waals surface area contributed by atoms with Gasteiger partial charge in [-0.1, -0.05) is 37.3 Å². The molecule has 3 aromatic rings. The number of para-hydroxylation sites is 1. The Morgan fingerprint density at radius 2 is 1.86 bits per heavy atom. The van der Waals surface area contributed by atoms with Crippen LogP contribution in [0.25, 0.3) is 10.9 Å². The van der Waals surface area contributed by atoms with Crippen LogP contribution in [0.4, 0.5) is 14.5 Å². The standard InChI is InChI=1S/C44H54F2N4O6/c1-8-41-14-11-16-50-17-15-42(36(41)50)30-19-31(34(54-5)20-33(30)48(4)37(42)44(53,25(2)51)38(41)55-6)43(39(52)56-7)21-26-18-27(40(3,45)46)23-49(22-26)24-29-28-12-9-10-13-32(28)47-35(29)43/h9-14,19-20,26-27,36-38,47,53H,8,15-18,21-24H2,1-7H3/t26?,27?,36-,37+,38+,41+,42+,43-,44?/m0/s1. The molecule has 6 heterocycles. The van der Waals surface area contributed by atoms with Crippen molar-refractivity contribution >= 4 is 28.3 Å². The summed E-state index contributed by atoms with van der Waals surface area (Å²) in [7, 11) is 6.49. The summed E-state index contributed by atoms with van der Waals surface area (Å²) in [5.74, 6) is -4.47. The third-order valence-corrected chi connectivity index (χ3v) is 15.3. The monoisotopic (exact) mass is 772 g/mol. The van der Waals surface area contributed by atoms with Gasteiger partial charge in [-0.15, -0.1) is 0 Å². The van der Waals surface area contributed by atoms with Gasteiger partial charge in [0.1, 0.15) is 17.3 Å². The molecule has 2 aromatic carbocycles. The zero-order valence-corrected chi connectivity index (χ0v) is 33.5. The van der Waals surface area contributed by atoms with Gasteiger partial charge in [-0.05, 0) is 75.3 Å². The Morgan fingerprint density at radius 1 is 1.09 bits per heavy atom. The number of aromatic nitrogens is 1. The first kappa shape index (κ1) is 37.7. The topological polar surface area (TPSA) is 108 Å². The number of ether oxygens (including phenoxy) is 3. The predicted octanol–water partition coefficient (Wildman–Crippen LogP) is 5.58. The summed E-state index contributed by atoms with van der Waals surface area (Å²) in [5, 5.41) is 14.0. The van der Waals surface area contributed by atoms with E-state index in [-0.39, 0.29) is 37.1 Å². The van der Waals surface area contributed by atoms with Gasteiger partial charge in [0, 0.05) is 97.0 Å². The largest absolute Gasteiger partial charge is 0.496 e. The van der Waals surface area contributed by atoms with E-state index in [1.807, 2.05) is 42.3 Å². The fourth-order valence-corrected chi connectivity index (χ4v) is 13.3.